The topological polar surface area (TPSA) is 58.6 Å². The molecule has 2 aliphatic heterocycles. The predicted octanol–water partition coefficient (Wildman–Crippen LogP) is 2.66. The van der Waals surface area contributed by atoms with Crippen LogP contribution in [0.1, 0.15) is 51.0 Å². The molecule has 5 nitrogen and oxygen atoms in total. The largest absolute Gasteiger partial charge is 0.467 e. The Hall–Kier alpha value is -2.04. The molecule has 1 N–H and O–H groups in total. The third kappa shape index (κ3) is 2.35. The fraction of sp³-hybridized carbons (Fsp3) is 0.600. The van der Waals surface area contributed by atoms with Gasteiger partial charge in [0.25, 0.3) is 0 Å². The zero-order chi connectivity index (χ0) is 17.6. The second-order valence-electron chi connectivity index (χ2n) is 7.38. The molecule has 0 unspecified atom stereocenters. The van der Waals surface area contributed by atoms with Gasteiger partial charge < -0.3 is 15.0 Å². The Kier molecular flexibility index (Phi) is 3.97. The van der Waals surface area contributed by atoms with Crippen LogP contribution in [-0.2, 0) is 9.59 Å². The molecule has 2 amide bonds. The van der Waals surface area contributed by atoms with Crippen molar-refractivity contribution < 1.29 is 14.3 Å². The summed E-state index contributed by atoms with van der Waals surface area (Å²) in [5, 5.41) is 3.13. The molecule has 4 atom stereocenters. The number of fused-ring (bicyclic) bond motifs is 2. The van der Waals surface area contributed by atoms with Crippen LogP contribution in [-0.4, -0.2) is 35.5 Å². The molecule has 1 aromatic carbocycles. The van der Waals surface area contributed by atoms with Gasteiger partial charge in [-0.05, 0) is 38.3 Å². The Balaban J connectivity index is 1.83. The van der Waals surface area contributed by atoms with Crippen molar-refractivity contribution in [2.45, 2.75) is 51.2 Å². The number of carbonyl (C=O) groups is 2. The Morgan fingerprint density at radius 1 is 1.28 bits per heavy atom. The van der Waals surface area contributed by atoms with E-state index in [-0.39, 0.29) is 23.7 Å². The summed E-state index contributed by atoms with van der Waals surface area (Å²) in [6.45, 7) is 5.18. The molecule has 25 heavy (non-hydrogen) atoms. The van der Waals surface area contributed by atoms with Gasteiger partial charge in [-0.3, -0.25) is 9.59 Å². The number of ether oxygens (including phenoxy) is 1. The molecule has 2 fully saturated rings. The molecule has 1 aromatic rings. The molecule has 134 valence electrons. The lowest BCUT2D eigenvalue weighted by Crippen LogP contribution is -2.70. The first kappa shape index (κ1) is 16.4. The highest BCUT2D eigenvalue weighted by Crippen LogP contribution is 2.55. The highest BCUT2D eigenvalue weighted by molar-refractivity contribution is 6.02. The molecule has 0 aromatic heterocycles. The number of amides is 2. The van der Waals surface area contributed by atoms with E-state index in [0.717, 1.165) is 37.0 Å². The van der Waals surface area contributed by atoms with E-state index in [0.29, 0.717) is 13.1 Å². The Bertz CT molecular complexity index is 700. The molecule has 3 aliphatic rings. The minimum atomic E-state index is -0.652. The number of benzene rings is 1. The highest BCUT2D eigenvalue weighted by Gasteiger charge is 2.60. The molecular formula is C20H26N2O3. The normalized spacial score (nSPS) is 32.7. The molecule has 2 bridgehead atoms. The van der Waals surface area contributed by atoms with Crippen molar-refractivity contribution >= 4 is 11.8 Å². The zero-order valence-corrected chi connectivity index (χ0v) is 15.0. The quantitative estimate of drug-likeness (QED) is 0.859. The van der Waals surface area contributed by atoms with Crippen molar-refractivity contribution in [2.75, 3.05) is 13.1 Å². The highest BCUT2D eigenvalue weighted by atomic mass is 16.5. The standard InChI is InChI=1S/C20H26N2O3/c1-3-22(4-2)19(24)17-16-13-9-5-6-11-15(13)25-20(21-18(17)23)12-8-7-10-14(16)20/h5-6,9,11,14,16-17H,3-4,7-8,10,12H2,1-2H3,(H,21,23)/t14-,16+,17-,20-/m1/s1. The van der Waals surface area contributed by atoms with Gasteiger partial charge in [0.1, 0.15) is 11.7 Å². The van der Waals surface area contributed by atoms with Crippen LogP contribution in [0.25, 0.3) is 0 Å². The van der Waals surface area contributed by atoms with Gasteiger partial charge in [-0.25, -0.2) is 0 Å². The van der Waals surface area contributed by atoms with Crippen LogP contribution in [0.3, 0.4) is 0 Å². The van der Waals surface area contributed by atoms with Crippen LogP contribution >= 0.6 is 0 Å². The average molecular weight is 342 g/mol. The van der Waals surface area contributed by atoms with Crippen LogP contribution in [0.5, 0.6) is 5.75 Å². The number of nitrogens with zero attached hydrogens (tertiary/aromatic N) is 1. The van der Waals surface area contributed by atoms with Gasteiger partial charge in [0, 0.05) is 31.3 Å². The second-order valence-corrected chi connectivity index (χ2v) is 7.38. The third-order valence-corrected chi connectivity index (χ3v) is 6.23. The van der Waals surface area contributed by atoms with E-state index in [4.69, 9.17) is 4.74 Å². The molecule has 1 saturated heterocycles. The number of rotatable bonds is 3. The molecule has 4 rings (SSSR count). The van der Waals surface area contributed by atoms with Gasteiger partial charge in [0.2, 0.25) is 11.8 Å². The van der Waals surface area contributed by atoms with E-state index in [1.165, 1.54) is 0 Å². The fourth-order valence-corrected chi connectivity index (χ4v) is 5.07. The van der Waals surface area contributed by atoms with Crippen LogP contribution in [0.2, 0.25) is 0 Å². The summed E-state index contributed by atoms with van der Waals surface area (Å²) in [6.07, 6.45) is 3.97. The van der Waals surface area contributed by atoms with Gasteiger partial charge >= 0.3 is 0 Å². The first-order chi connectivity index (χ1) is 12.1. The van der Waals surface area contributed by atoms with E-state index in [1.807, 2.05) is 38.1 Å². The van der Waals surface area contributed by atoms with Gasteiger partial charge in [-0.1, -0.05) is 24.6 Å². The summed E-state index contributed by atoms with van der Waals surface area (Å²) >= 11 is 0. The summed E-state index contributed by atoms with van der Waals surface area (Å²) in [5.74, 6) is 0.0209. The van der Waals surface area contributed by atoms with Crippen LogP contribution in [0.15, 0.2) is 24.3 Å². The zero-order valence-electron chi connectivity index (χ0n) is 15.0. The smallest absolute Gasteiger partial charge is 0.236 e. The monoisotopic (exact) mass is 342 g/mol. The second kappa shape index (κ2) is 6.04. The van der Waals surface area contributed by atoms with E-state index < -0.39 is 11.6 Å². The van der Waals surface area contributed by atoms with Crippen molar-refractivity contribution in [3.63, 3.8) is 0 Å². The lowest BCUT2D eigenvalue weighted by molar-refractivity contribution is -0.165. The third-order valence-electron chi connectivity index (χ3n) is 6.23. The van der Waals surface area contributed by atoms with Gasteiger partial charge in [0.05, 0.1) is 0 Å². The average Bonchev–Trinajstić information content (AvgIpc) is 2.61. The predicted molar refractivity (Wildman–Crippen MR) is 94.1 cm³/mol. The van der Waals surface area contributed by atoms with Crippen molar-refractivity contribution in [1.29, 1.82) is 0 Å². The summed E-state index contributed by atoms with van der Waals surface area (Å²) in [6, 6.07) is 7.92. The Labute approximate surface area is 148 Å². The first-order valence-corrected chi connectivity index (χ1v) is 9.50. The maximum absolute atomic E-state index is 13.2. The maximum Gasteiger partial charge on any atom is 0.236 e. The molecule has 1 saturated carbocycles. The van der Waals surface area contributed by atoms with E-state index in [2.05, 4.69) is 5.32 Å². The maximum atomic E-state index is 13.2. The minimum Gasteiger partial charge on any atom is -0.467 e. The molecule has 0 spiro atoms. The number of para-hydroxylation sites is 1. The summed E-state index contributed by atoms with van der Waals surface area (Å²) < 4.78 is 6.35. The summed E-state index contributed by atoms with van der Waals surface area (Å²) in [7, 11) is 0. The molecular weight excluding hydrogens is 316 g/mol. The summed E-state index contributed by atoms with van der Waals surface area (Å²) in [5.41, 5.74) is 0.388. The van der Waals surface area contributed by atoms with Crippen molar-refractivity contribution in [3.8, 4) is 5.75 Å². The number of carbonyl (C=O) groups excluding carboxylic acids is 2. The summed E-state index contributed by atoms with van der Waals surface area (Å²) in [4.78, 5) is 28.0. The van der Waals surface area contributed by atoms with Crippen molar-refractivity contribution in [3.05, 3.63) is 29.8 Å². The Morgan fingerprint density at radius 3 is 2.80 bits per heavy atom. The minimum absolute atomic E-state index is 0.0524. The SMILES string of the molecule is CCN(CC)C(=O)[C@H]1C(=O)N[C@@]23CCCC[C@@H]2[C@@H]1c1ccccc1O3. The van der Waals surface area contributed by atoms with Gasteiger partial charge in [0.15, 0.2) is 5.72 Å². The van der Waals surface area contributed by atoms with E-state index in [1.54, 1.807) is 4.90 Å². The van der Waals surface area contributed by atoms with Crippen LogP contribution < -0.4 is 10.1 Å². The lowest BCUT2D eigenvalue weighted by Gasteiger charge is -2.56. The number of piperidine rings is 1. The number of hydrogen-bond acceptors (Lipinski definition) is 3. The van der Waals surface area contributed by atoms with E-state index in [9.17, 15) is 9.59 Å². The fourth-order valence-electron chi connectivity index (χ4n) is 5.07. The molecule has 2 heterocycles. The van der Waals surface area contributed by atoms with Gasteiger partial charge in [-0.2, -0.15) is 0 Å². The van der Waals surface area contributed by atoms with Crippen molar-refractivity contribution in [2.24, 2.45) is 11.8 Å². The van der Waals surface area contributed by atoms with Crippen molar-refractivity contribution in [1.82, 2.24) is 10.2 Å². The molecule has 5 heteroatoms. The Morgan fingerprint density at radius 2 is 2.04 bits per heavy atom. The van der Waals surface area contributed by atoms with Crippen LogP contribution in [0.4, 0.5) is 0 Å². The van der Waals surface area contributed by atoms with Gasteiger partial charge in [-0.15, -0.1) is 0 Å². The lowest BCUT2D eigenvalue weighted by atomic mass is 9.62. The van der Waals surface area contributed by atoms with E-state index >= 15 is 0 Å². The number of hydrogen-bond donors (Lipinski definition) is 1. The number of nitrogens with one attached hydrogen (secondary N) is 1. The van der Waals surface area contributed by atoms with Crippen LogP contribution in [0, 0.1) is 11.8 Å². The molecule has 0 radical (unpaired) electrons. The first-order valence-electron chi connectivity index (χ1n) is 9.50. The molecule has 1 aliphatic carbocycles.